The van der Waals surface area contributed by atoms with Gasteiger partial charge in [0.1, 0.15) is 5.82 Å². The molecule has 0 amide bonds. The number of guanidine groups is 1. The SMILES string of the molecule is CC1CN(C(CN=C(N)N2CCCCC2)c2c(F)cccc2Cl)CCO1. The van der Waals surface area contributed by atoms with Gasteiger partial charge in [0.2, 0.25) is 0 Å². The highest BCUT2D eigenvalue weighted by Gasteiger charge is 2.29. The first-order valence-electron chi connectivity index (χ1n) is 9.40. The summed E-state index contributed by atoms with van der Waals surface area (Å²) in [5.41, 5.74) is 6.71. The molecule has 1 aromatic carbocycles. The Morgan fingerprint density at radius 2 is 2.12 bits per heavy atom. The first kappa shape index (κ1) is 19.4. The molecule has 2 saturated heterocycles. The van der Waals surface area contributed by atoms with E-state index in [1.165, 1.54) is 12.5 Å². The zero-order valence-corrected chi connectivity index (χ0v) is 16.1. The Kier molecular flexibility index (Phi) is 6.73. The topological polar surface area (TPSA) is 54.1 Å². The van der Waals surface area contributed by atoms with Gasteiger partial charge in [-0.15, -0.1) is 0 Å². The van der Waals surface area contributed by atoms with Crippen LogP contribution >= 0.6 is 11.6 Å². The van der Waals surface area contributed by atoms with Crippen LogP contribution in [0.25, 0.3) is 0 Å². The Balaban J connectivity index is 1.83. The van der Waals surface area contributed by atoms with Crippen molar-refractivity contribution in [3.8, 4) is 0 Å². The Morgan fingerprint density at radius 3 is 2.81 bits per heavy atom. The van der Waals surface area contributed by atoms with E-state index in [1.54, 1.807) is 12.1 Å². The molecule has 0 aliphatic carbocycles. The van der Waals surface area contributed by atoms with E-state index in [0.717, 1.165) is 32.5 Å². The number of nitrogens with zero attached hydrogens (tertiary/aromatic N) is 3. The lowest BCUT2D eigenvalue weighted by molar-refractivity contribution is -0.0337. The van der Waals surface area contributed by atoms with E-state index in [4.69, 9.17) is 22.1 Å². The normalized spacial score (nSPS) is 23.9. The van der Waals surface area contributed by atoms with Crippen LogP contribution in [0.4, 0.5) is 4.39 Å². The van der Waals surface area contributed by atoms with Crippen LogP contribution in [-0.2, 0) is 4.74 Å². The molecule has 2 aliphatic heterocycles. The molecule has 2 fully saturated rings. The second-order valence-electron chi connectivity index (χ2n) is 7.07. The molecule has 2 atom stereocenters. The van der Waals surface area contributed by atoms with Crippen molar-refractivity contribution < 1.29 is 9.13 Å². The highest BCUT2D eigenvalue weighted by Crippen LogP contribution is 2.31. The molecule has 2 N–H and O–H groups in total. The molecule has 2 unspecified atom stereocenters. The number of benzene rings is 1. The first-order chi connectivity index (χ1) is 12.6. The zero-order valence-electron chi connectivity index (χ0n) is 15.3. The van der Waals surface area contributed by atoms with Crippen molar-refractivity contribution >= 4 is 17.6 Å². The second-order valence-corrected chi connectivity index (χ2v) is 7.48. The number of hydrogen-bond acceptors (Lipinski definition) is 3. The first-order valence-corrected chi connectivity index (χ1v) is 9.78. The predicted octanol–water partition coefficient (Wildman–Crippen LogP) is 3.04. The summed E-state index contributed by atoms with van der Waals surface area (Å²) in [6.45, 7) is 6.35. The van der Waals surface area contributed by atoms with Crippen LogP contribution in [0.3, 0.4) is 0 Å². The summed E-state index contributed by atoms with van der Waals surface area (Å²) >= 11 is 6.36. The highest BCUT2D eigenvalue weighted by atomic mass is 35.5. The van der Waals surface area contributed by atoms with E-state index in [-0.39, 0.29) is 18.0 Å². The second kappa shape index (κ2) is 9.02. The summed E-state index contributed by atoms with van der Waals surface area (Å²) in [6.07, 6.45) is 3.61. The molecule has 0 radical (unpaired) electrons. The average Bonchev–Trinajstić information content (AvgIpc) is 2.64. The summed E-state index contributed by atoms with van der Waals surface area (Å²) < 4.78 is 20.2. The number of morpholine rings is 1. The minimum atomic E-state index is -0.298. The van der Waals surface area contributed by atoms with Gasteiger partial charge in [-0.1, -0.05) is 17.7 Å². The fraction of sp³-hybridized carbons (Fsp3) is 0.632. The number of rotatable bonds is 4. The molecule has 26 heavy (non-hydrogen) atoms. The number of aliphatic imine (C=N–C) groups is 1. The third-order valence-electron chi connectivity index (χ3n) is 5.15. The zero-order chi connectivity index (χ0) is 18.5. The van der Waals surface area contributed by atoms with E-state index in [1.807, 2.05) is 6.92 Å². The Labute approximate surface area is 160 Å². The highest BCUT2D eigenvalue weighted by molar-refractivity contribution is 6.31. The fourth-order valence-corrected chi connectivity index (χ4v) is 4.04. The Bertz CT molecular complexity index is 616. The van der Waals surface area contributed by atoms with E-state index in [2.05, 4.69) is 14.8 Å². The van der Waals surface area contributed by atoms with E-state index >= 15 is 0 Å². The van der Waals surface area contributed by atoms with Crippen LogP contribution in [-0.4, -0.2) is 61.2 Å². The van der Waals surface area contributed by atoms with Crippen molar-refractivity contribution in [1.82, 2.24) is 9.80 Å². The molecule has 5 nitrogen and oxygen atoms in total. The Morgan fingerprint density at radius 1 is 1.35 bits per heavy atom. The van der Waals surface area contributed by atoms with Crippen LogP contribution in [0, 0.1) is 5.82 Å². The van der Waals surface area contributed by atoms with Crippen molar-refractivity contribution in [2.24, 2.45) is 10.7 Å². The van der Waals surface area contributed by atoms with Crippen LogP contribution < -0.4 is 5.73 Å². The Hall–Kier alpha value is -1.37. The van der Waals surface area contributed by atoms with Gasteiger partial charge in [-0.25, -0.2) is 4.39 Å². The van der Waals surface area contributed by atoms with Crippen molar-refractivity contribution in [2.75, 3.05) is 39.3 Å². The molecule has 0 aromatic heterocycles. The predicted molar refractivity (Wildman–Crippen MR) is 103 cm³/mol. The largest absolute Gasteiger partial charge is 0.376 e. The minimum absolute atomic E-state index is 0.0974. The van der Waals surface area contributed by atoms with Crippen LogP contribution in [0.15, 0.2) is 23.2 Å². The number of halogens is 2. The maximum atomic E-state index is 14.6. The number of hydrogen-bond donors (Lipinski definition) is 1. The monoisotopic (exact) mass is 382 g/mol. The van der Waals surface area contributed by atoms with Crippen LogP contribution in [0.1, 0.15) is 37.8 Å². The summed E-state index contributed by atoms with van der Waals surface area (Å²) in [7, 11) is 0. The van der Waals surface area contributed by atoms with Gasteiger partial charge in [0.15, 0.2) is 5.96 Å². The summed E-state index contributed by atoms with van der Waals surface area (Å²) in [5, 5.41) is 0.431. The average molecular weight is 383 g/mol. The number of likely N-dealkylation sites (tertiary alicyclic amines) is 1. The van der Waals surface area contributed by atoms with Crippen LogP contribution in [0.2, 0.25) is 5.02 Å². The number of nitrogens with two attached hydrogens (primary N) is 1. The smallest absolute Gasteiger partial charge is 0.191 e. The molecule has 1 aromatic rings. The van der Waals surface area contributed by atoms with Crippen molar-refractivity contribution in [1.29, 1.82) is 0 Å². The van der Waals surface area contributed by atoms with E-state index in [9.17, 15) is 4.39 Å². The quantitative estimate of drug-likeness (QED) is 0.642. The molecular formula is C19H28ClFN4O. The van der Waals surface area contributed by atoms with Gasteiger partial charge in [-0.3, -0.25) is 9.89 Å². The van der Waals surface area contributed by atoms with Gasteiger partial charge in [0.05, 0.1) is 25.3 Å². The van der Waals surface area contributed by atoms with E-state index in [0.29, 0.717) is 36.2 Å². The molecule has 0 spiro atoms. The maximum absolute atomic E-state index is 14.6. The molecule has 3 rings (SSSR count). The maximum Gasteiger partial charge on any atom is 0.191 e. The number of piperidine rings is 1. The third-order valence-corrected chi connectivity index (χ3v) is 5.48. The van der Waals surface area contributed by atoms with Gasteiger partial charge in [-0.05, 0) is 38.3 Å². The lowest BCUT2D eigenvalue weighted by Gasteiger charge is -2.37. The van der Waals surface area contributed by atoms with E-state index < -0.39 is 0 Å². The fourth-order valence-electron chi connectivity index (χ4n) is 3.75. The van der Waals surface area contributed by atoms with Gasteiger partial charge < -0.3 is 15.4 Å². The minimum Gasteiger partial charge on any atom is -0.376 e. The lowest BCUT2D eigenvalue weighted by atomic mass is 10.0. The summed E-state index contributed by atoms with van der Waals surface area (Å²) in [6, 6.07) is 4.56. The van der Waals surface area contributed by atoms with Crippen LogP contribution in [0.5, 0.6) is 0 Å². The van der Waals surface area contributed by atoms with Crippen molar-refractivity contribution in [3.05, 3.63) is 34.6 Å². The molecule has 0 bridgehead atoms. The lowest BCUT2D eigenvalue weighted by Crippen LogP contribution is -2.45. The van der Waals surface area contributed by atoms with Gasteiger partial charge >= 0.3 is 0 Å². The molecular weight excluding hydrogens is 355 g/mol. The molecule has 144 valence electrons. The van der Waals surface area contributed by atoms with Gasteiger partial charge in [-0.2, -0.15) is 0 Å². The van der Waals surface area contributed by atoms with Gasteiger partial charge in [0, 0.05) is 36.8 Å². The molecule has 2 aliphatic rings. The standard InChI is InChI=1S/C19H28ClFN4O/c1-14-13-25(10-11-26-14)17(18-15(20)6-5-7-16(18)21)12-23-19(22)24-8-3-2-4-9-24/h5-7,14,17H,2-4,8-13H2,1H3,(H2,22,23). The molecule has 2 heterocycles. The van der Waals surface area contributed by atoms with Crippen molar-refractivity contribution in [2.45, 2.75) is 38.3 Å². The summed E-state index contributed by atoms with van der Waals surface area (Å²) in [5.74, 6) is 0.247. The molecule has 7 heteroatoms. The van der Waals surface area contributed by atoms with Gasteiger partial charge in [0.25, 0.3) is 0 Å². The molecule has 0 saturated carbocycles. The summed E-state index contributed by atoms with van der Waals surface area (Å²) in [4.78, 5) is 8.94. The van der Waals surface area contributed by atoms with Crippen molar-refractivity contribution in [3.63, 3.8) is 0 Å². The third kappa shape index (κ3) is 4.67. The number of ether oxygens (including phenoxy) is 1.